The highest BCUT2D eigenvalue weighted by Gasteiger charge is 2.30. The Kier molecular flexibility index (Phi) is 38.5. The molecule has 0 saturated carbocycles. The second kappa shape index (κ2) is 46.5. The van der Waals surface area contributed by atoms with Crippen LogP contribution in [0.3, 0.4) is 0 Å². The summed E-state index contributed by atoms with van der Waals surface area (Å²) in [5.74, 6) is -6.31. The number of nitrogens with zero attached hydrogens (tertiary/aromatic N) is 8. The molecule has 2 atom stereocenters. The first kappa shape index (κ1) is 82.7. The first-order valence-corrected chi connectivity index (χ1v) is 35.3. The number of hydrogen-bond donors (Lipinski definition) is 11. The van der Waals surface area contributed by atoms with E-state index in [0.29, 0.717) is 108 Å². The molecule has 556 valence electrons. The Labute approximate surface area is 580 Å². The van der Waals surface area contributed by atoms with Crippen molar-refractivity contribution < 1.29 is 101 Å². The number of unbranched alkanes of at least 4 members (excludes halogenated alkanes) is 3. The lowest BCUT2D eigenvalue weighted by molar-refractivity contribution is -0.142. The quantitative estimate of drug-likeness (QED) is 0.0257. The monoisotopic (exact) mass is 1430 g/mol. The molecule has 3 heterocycles. The van der Waals surface area contributed by atoms with E-state index in [1.165, 1.54) is 0 Å². The number of nitrogens with two attached hydrogens (primary N) is 1. The van der Waals surface area contributed by atoms with Crippen LogP contribution in [-0.4, -0.2) is 289 Å². The van der Waals surface area contributed by atoms with Gasteiger partial charge < -0.3 is 75.8 Å². The van der Waals surface area contributed by atoms with Crippen molar-refractivity contribution >= 4 is 72.8 Å². The van der Waals surface area contributed by atoms with Crippen molar-refractivity contribution in [1.82, 2.24) is 61.2 Å². The average Bonchev–Trinajstić information content (AvgIpc) is 1.51. The van der Waals surface area contributed by atoms with E-state index in [-0.39, 0.29) is 187 Å². The van der Waals surface area contributed by atoms with Crippen molar-refractivity contribution in [2.24, 2.45) is 5.50 Å². The molecule has 0 bridgehead atoms. The van der Waals surface area contributed by atoms with Gasteiger partial charge in [-0.25, -0.2) is 19.5 Å². The molecular weight excluding hydrogens is 1330 g/mol. The molecule has 35 nitrogen and oxygen atoms in total. The summed E-state index contributed by atoms with van der Waals surface area (Å²) in [7, 11) is -4.05. The second-order valence-corrected chi connectivity index (χ2v) is 25.2. The van der Waals surface area contributed by atoms with Gasteiger partial charge in [-0.1, -0.05) is 54.1 Å². The molecule has 2 aromatic carbocycles. The van der Waals surface area contributed by atoms with Crippen LogP contribution in [0.1, 0.15) is 82.6 Å². The van der Waals surface area contributed by atoms with Crippen molar-refractivity contribution in [3.8, 4) is 22.5 Å². The third kappa shape index (κ3) is 34.0. The van der Waals surface area contributed by atoms with E-state index < -0.39 is 49.5 Å². The molecule has 12 N–H and O–H groups in total. The Morgan fingerprint density at radius 3 is 1.57 bits per heavy atom. The highest BCUT2D eigenvalue weighted by molar-refractivity contribution is 7.50. The summed E-state index contributed by atoms with van der Waals surface area (Å²) < 4.78 is 39.4. The molecule has 2 aliphatic rings. The number of rotatable bonds is 47. The van der Waals surface area contributed by atoms with Crippen LogP contribution in [-0.2, 0) is 89.1 Å². The van der Waals surface area contributed by atoms with Crippen LogP contribution in [0.5, 0.6) is 0 Å². The lowest BCUT2D eigenvalue weighted by Gasteiger charge is -2.32. The number of aryl methyl sites for hydroxylation is 1. The largest absolute Gasteiger partial charge is 0.480 e. The Bertz CT molecular complexity index is 3110. The van der Waals surface area contributed by atoms with Gasteiger partial charge in [-0.2, -0.15) is 0 Å². The molecule has 2 aliphatic heterocycles. The lowest BCUT2D eigenvalue weighted by Crippen LogP contribution is -2.49. The van der Waals surface area contributed by atoms with Crippen LogP contribution in [0, 0.1) is 0 Å². The third-order valence-corrected chi connectivity index (χ3v) is 16.5. The number of anilines is 1. The number of amides is 6. The standard InChI is InChI=1S/C64H99N14O21P/c65-100(93,94)99-34-9-8-22-66-53(79)17-16-51(64(91)92)70-56(82)15-2-1-7-21-67-55(81)20-35-95-37-39-97-41-42-98-40-38-96-36-24-69-54(80)18-19-58(84)77-43-48-11-3-4-12-49(48)63-62(50-13-5-6-14-52(50)77)71-72-78(63)25-10-23-68-57(83)44-73-26-28-74(45-59(85)86)30-32-76(47-61(89)90)33-31-75(29-27-73)46-60(87)88/h3-6,11-14,51H,1-2,7-10,15-47H2,(H,66,79)(H,67,81)(H,68,83)(H,69,80)(H,70,82)(H,85,86)(H,87,88)(H,89,90)(H,91,92)(H3,65,93,94)/t51-/m0/s1. The molecule has 1 fully saturated rings. The number of aromatic nitrogens is 3. The molecule has 1 saturated heterocycles. The van der Waals surface area contributed by atoms with E-state index in [1.54, 1.807) is 24.3 Å². The first-order chi connectivity index (χ1) is 48.0. The number of carboxylic acid groups (broad SMARTS) is 4. The Balaban J connectivity index is 0.910. The van der Waals surface area contributed by atoms with E-state index >= 15 is 0 Å². The van der Waals surface area contributed by atoms with Crippen LogP contribution < -0.4 is 37.0 Å². The number of carbonyl (C=O) groups is 10. The Morgan fingerprint density at radius 1 is 0.500 bits per heavy atom. The second-order valence-electron chi connectivity index (χ2n) is 23.8. The van der Waals surface area contributed by atoms with E-state index in [4.69, 9.17) is 29.3 Å². The number of ether oxygens (including phenoxy) is 4. The number of carbonyl (C=O) groups excluding carboxylic acids is 6. The lowest BCUT2D eigenvalue weighted by atomic mass is 9.95. The van der Waals surface area contributed by atoms with E-state index in [2.05, 4.69) is 41.4 Å². The molecule has 1 unspecified atom stereocenters. The SMILES string of the molecule is NP(=O)(O)OCCCCNC(=O)CC[C@H](NC(=O)CCCCCNC(=O)CCOCCOCCOCCOCCNC(=O)CCC(=O)N1Cc2ccccc2-c2c(nnn2CCCNC(=O)CN2CCN(CC(=O)O)CCN(CC(=O)O)CCN(CC(=O)O)CC2)-c2ccccc21)C(=O)O. The zero-order valence-electron chi connectivity index (χ0n) is 56.6. The molecule has 100 heavy (non-hydrogen) atoms. The van der Waals surface area contributed by atoms with Crippen LogP contribution in [0.25, 0.3) is 22.5 Å². The number of nitrogens with one attached hydrogen (secondary N) is 5. The molecule has 0 spiro atoms. The minimum absolute atomic E-state index is 0.0286. The summed E-state index contributed by atoms with van der Waals surface area (Å²) in [6.45, 7) is 5.21. The zero-order valence-corrected chi connectivity index (χ0v) is 57.5. The van der Waals surface area contributed by atoms with Gasteiger partial charge in [0.15, 0.2) is 0 Å². The zero-order chi connectivity index (χ0) is 72.5. The maximum Gasteiger partial charge on any atom is 0.400 e. The van der Waals surface area contributed by atoms with Crippen molar-refractivity contribution in [2.75, 3.05) is 169 Å². The van der Waals surface area contributed by atoms with Crippen LogP contribution in [0.2, 0.25) is 0 Å². The number of aliphatic carboxylic acids is 4. The summed E-state index contributed by atoms with van der Waals surface area (Å²) in [5, 5.41) is 61.0. The fourth-order valence-electron chi connectivity index (χ4n) is 10.8. The summed E-state index contributed by atoms with van der Waals surface area (Å²) in [6, 6.07) is 13.8. The van der Waals surface area contributed by atoms with Gasteiger partial charge in [0.25, 0.3) is 0 Å². The first-order valence-electron chi connectivity index (χ1n) is 33.7. The number of fused-ring (bicyclic) bond motifs is 5. The van der Waals surface area contributed by atoms with E-state index in [0.717, 1.165) is 16.8 Å². The molecule has 0 aliphatic carbocycles. The highest BCUT2D eigenvalue weighted by Crippen LogP contribution is 2.41. The van der Waals surface area contributed by atoms with Crippen molar-refractivity contribution in [1.29, 1.82) is 0 Å². The number of para-hydroxylation sites is 1. The average molecular weight is 1430 g/mol. The minimum atomic E-state index is -4.05. The molecule has 3 aromatic rings. The molecular formula is C64H99N14O21P. The van der Waals surface area contributed by atoms with Gasteiger partial charge in [-0.3, -0.25) is 67.3 Å². The predicted octanol–water partition coefficient (Wildman–Crippen LogP) is -0.208. The van der Waals surface area contributed by atoms with Gasteiger partial charge in [-0.15, -0.1) is 5.10 Å². The topological polar surface area (TPSA) is 468 Å². The van der Waals surface area contributed by atoms with E-state index in [1.807, 2.05) is 53.4 Å². The van der Waals surface area contributed by atoms with Crippen molar-refractivity contribution in [3.63, 3.8) is 0 Å². The molecule has 6 amide bonds. The normalized spacial score (nSPS) is 15.0. The molecule has 36 heteroatoms. The van der Waals surface area contributed by atoms with E-state index in [9.17, 15) is 72.9 Å². The molecule has 5 rings (SSSR count). The maximum absolute atomic E-state index is 14.1. The summed E-state index contributed by atoms with van der Waals surface area (Å²) in [6.07, 6.45) is 2.85. The smallest absolute Gasteiger partial charge is 0.400 e. The van der Waals surface area contributed by atoms with Gasteiger partial charge in [0.2, 0.25) is 35.4 Å². The van der Waals surface area contributed by atoms with Gasteiger partial charge in [0.05, 0.1) is 104 Å². The molecule has 1 aromatic heterocycles. The fourth-order valence-corrected chi connectivity index (χ4v) is 11.2. The van der Waals surface area contributed by atoms with Crippen LogP contribution in [0.15, 0.2) is 48.5 Å². The number of benzene rings is 2. The molecule has 0 radical (unpaired) electrons. The van der Waals surface area contributed by atoms with Gasteiger partial charge in [0.1, 0.15) is 11.7 Å². The van der Waals surface area contributed by atoms with Gasteiger partial charge in [0, 0.05) is 128 Å². The summed E-state index contributed by atoms with van der Waals surface area (Å²) in [5.41, 5.74) is 9.08. The summed E-state index contributed by atoms with van der Waals surface area (Å²) in [4.78, 5) is 141. The number of hydrogen-bond acceptors (Lipinski definition) is 22. The van der Waals surface area contributed by atoms with Crippen LogP contribution in [0.4, 0.5) is 5.69 Å². The number of carboxylic acids is 4. The fraction of sp³-hybridized carbons (Fsp3) is 0.625. The Morgan fingerprint density at radius 2 is 0.990 bits per heavy atom. The Hall–Kier alpha value is -7.93. The van der Waals surface area contributed by atoms with Crippen molar-refractivity contribution in [2.45, 2.75) is 96.2 Å². The van der Waals surface area contributed by atoms with Gasteiger partial charge in [-0.05, 0) is 50.2 Å². The summed E-state index contributed by atoms with van der Waals surface area (Å²) >= 11 is 0. The highest BCUT2D eigenvalue weighted by atomic mass is 31.2. The minimum Gasteiger partial charge on any atom is -0.480 e. The van der Waals surface area contributed by atoms with Crippen molar-refractivity contribution in [3.05, 3.63) is 54.1 Å². The van der Waals surface area contributed by atoms with Gasteiger partial charge >= 0.3 is 31.6 Å². The van der Waals surface area contributed by atoms with Crippen LogP contribution >= 0.6 is 7.75 Å². The predicted molar refractivity (Wildman–Crippen MR) is 361 cm³/mol. The maximum atomic E-state index is 14.1. The third-order valence-electron chi connectivity index (χ3n) is 15.9.